The Labute approximate surface area is 128 Å². The average Bonchev–Trinajstić information content (AvgIpc) is 3.01. The van der Waals surface area contributed by atoms with Gasteiger partial charge in [0, 0.05) is 30.5 Å². The van der Waals surface area contributed by atoms with Gasteiger partial charge in [-0.05, 0) is 51.1 Å². The van der Waals surface area contributed by atoms with Crippen molar-refractivity contribution in [3.8, 4) is 0 Å². The third-order valence-corrected chi connectivity index (χ3v) is 5.20. The Morgan fingerprint density at radius 3 is 2.86 bits per heavy atom. The van der Waals surface area contributed by atoms with Gasteiger partial charge in [0.15, 0.2) is 0 Å². The Hall–Kier alpha value is -0.870. The molecule has 1 aromatic heterocycles. The van der Waals surface area contributed by atoms with Crippen LogP contribution in [0.15, 0.2) is 18.5 Å². The number of nitrogens with zero attached hydrogens (tertiary/aromatic N) is 2. The Morgan fingerprint density at radius 1 is 1.24 bits per heavy atom. The molecular weight excluding hydrogens is 260 g/mol. The molecule has 1 saturated carbocycles. The van der Waals surface area contributed by atoms with E-state index in [1.54, 1.807) is 0 Å². The van der Waals surface area contributed by atoms with Crippen LogP contribution in [0.1, 0.15) is 51.9 Å². The van der Waals surface area contributed by atoms with Crippen LogP contribution in [0.4, 0.5) is 0 Å². The molecule has 1 aromatic rings. The number of hydrogen-bond acceptors (Lipinski definition) is 3. The van der Waals surface area contributed by atoms with Gasteiger partial charge >= 0.3 is 0 Å². The van der Waals surface area contributed by atoms with Crippen molar-refractivity contribution in [2.45, 2.75) is 76.5 Å². The minimum absolute atomic E-state index is 0.485. The molecule has 1 aliphatic carbocycles. The highest BCUT2D eigenvalue weighted by Crippen LogP contribution is 2.30. The summed E-state index contributed by atoms with van der Waals surface area (Å²) in [4.78, 5) is 0. The van der Waals surface area contributed by atoms with Crippen molar-refractivity contribution < 1.29 is 0 Å². The summed E-state index contributed by atoms with van der Waals surface area (Å²) in [6, 6.07) is 3.91. The molecule has 0 bridgehead atoms. The molecule has 0 spiro atoms. The standard InChI is InChI=1S/C17H30N4/c1-14(13-21-12-6-11-19-21)20-17-9-3-2-7-15(17)16-8-4-5-10-18-16/h6,11-12,14-18,20H,2-5,7-10,13H2,1H3. The van der Waals surface area contributed by atoms with Crippen LogP contribution in [0.5, 0.6) is 0 Å². The van der Waals surface area contributed by atoms with Crippen LogP contribution in [0.3, 0.4) is 0 Å². The second kappa shape index (κ2) is 7.41. The summed E-state index contributed by atoms with van der Waals surface area (Å²) in [6.07, 6.45) is 13.6. The predicted octanol–water partition coefficient (Wildman–Crippen LogP) is 2.56. The van der Waals surface area contributed by atoms with E-state index in [0.717, 1.165) is 18.5 Å². The van der Waals surface area contributed by atoms with E-state index in [4.69, 9.17) is 0 Å². The monoisotopic (exact) mass is 290 g/mol. The highest BCUT2D eigenvalue weighted by molar-refractivity contribution is 4.91. The number of nitrogens with one attached hydrogen (secondary N) is 2. The maximum atomic E-state index is 4.32. The maximum absolute atomic E-state index is 4.32. The van der Waals surface area contributed by atoms with Gasteiger partial charge in [-0.15, -0.1) is 0 Å². The number of hydrogen-bond donors (Lipinski definition) is 2. The van der Waals surface area contributed by atoms with Crippen molar-refractivity contribution in [3.05, 3.63) is 18.5 Å². The molecule has 0 radical (unpaired) electrons. The van der Waals surface area contributed by atoms with E-state index in [1.165, 1.54) is 51.5 Å². The molecule has 2 fully saturated rings. The summed E-state index contributed by atoms with van der Waals surface area (Å²) in [5.74, 6) is 0.819. The fraction of sp³-hybridized carbons (Fsp3) is 0.824. The highest BCUT2D eigenvalue weighted by atomic mass is 15.3. The van der Waals surface area contributed by atoms with Crippen molar-refractivity contribution >= 4 is 0 Å². The molecule has 1 saturated heterocycles. The van der Waals surface area contributed by atoms with Gasteiger partial charge < -0.3 is 10.6 Å². The first-order chi connectivity index (χ1) is 10.3. The van der Waals surface area contributed by atoms with E-state index in [2.05, 4.69) is 28.9 Å². The Morgan fingerprint density at radius 2 is 2.10 bits per heavy atom. The van der Waals surface area contributed by atoms with Crippen LogP contribution in [0.25, 0.3) is 0 Å². The lowest BCUT2D eigenvalue weighted by Gasteiger charge is -2.41. The number of piperidine rings is 1. The second-order valence-corrected chi connectivity index (χ2v) is 6.91. The van der Waals surface area contributed by atoms with E-state index >= 15 is 0 Å². The molecule has 3 rings (SSSR count). The fourth-order valence-corrected chi connectivity index (χ4v) is 4.20. The minimum Gasteiger partial charge on any atom is -0.314 e. The van der Waals surface area contributed by atoms with Crippen molar-refractivity contribution in [1.29, 1.82) is 0 Å². The molecule has 2 N–H and O–H groups in total. The van der Waals surface area contributed by atoms with Crippen molar-refractivity contribution in [3.63, 3.8) is 0 Å². The van der Waals surface area contributed by atoms with Crippen LogP contribution in [-0.4, -0.2) is 34.5 Å². The van der Waals surface area contributed by atoms with Gasteiger partial charge in [0.25, 0.3) is 0 Å². The van der Waals surface area contributed by atoms with Crippen LogP contribution < -0.4 is 10.6 Å². The lowest BCUT2D eigenvalue weighted by atomic mass is 9.77. The van der Waals surface area contributed by atoms with Crippen molar-refractivity contribution in [1.82, 2.24) is 20.4 Å². The predicted molar refractivity (Wildman–Crippen MR) is 86.2 cm³/mol. The lowest BCUT2D eigenvalue weighted by molar-refractivity contribution is 0.170. The first kappa shape index (κ1) is 15.0. The van der Waals surface area contributed by atoms with E-state index in [1.807, 2.05) is 16.9 Å². The molecule has 0 aromatic carbocycles. The van der Waals surface area contributed by atoms with Gasteiger partial charge in [0.2, 0.25) is 0 Å². The summed E-state index contributed by atoms with van der Waals surface area (Å²) in [7, 11) is 0. The third-order valence-electron chi connectivity index (χ3n) is 5.20. The van der Waals surface area contributed by atoms with E-state index in [9.17, 15) is 0 Å². The zero-order chi connectivity index (χ0) is 14.5. The molecule has 2 aliphatic rings. The zero-order valence-corrected chi connectivity index (χ0v) is 13.3. The number of aromatic nitrogens is 2. The first-order valence-electron chi connectivity index (χ1n) is 8.80. The Bertz CT molecular complexity index is 397. The SMILES string of the molecule is CC(Cn1cccn1)NC1CCCCC1C1CCCCN1. The van der Waals surface area contributed by atoms with Crippen LogP contribution >= 0.6 is 0 Å². The van der Waals surface area contributed by atoms with Crippen LogP contribution in [-0.2, 0) is 6.54 Å². The molecule has 0 amide bonds. The summed E-state index contributed by atoms with van der Waals surface area (Å²) >= 11 is 0. The van der Waals surface area contributed by atoms with Crippen LogP contribution in [0, 0.1) is 5.92 Å². The average molecular weight is 290 g/mol. The maximum Gasteiger partial charge on any atom is 0.0560 e. The molecule has 118 valence electrons. The minimum atomic E-state index is 0.485. The Balaban J connectivity index is 1.55. The molecule has 1 aliphatic heterocycles. The third kappa shape index (κ3) is 4.07. The smallest absolute Gasteiger partial charge is 0.0560 e. The lowest BCUT2D eigenvalue weighted by Crippen LogP contribution is -2.52. The largest absolute Gasteiger partial charge is 0.314 e. The van der Waals surface area contributed by atoms with E-state index < -0.39 is 0 Å². The first-order valence-corrected chi connectivity index (χ1v) is 8.80. The second-order valence-electron chi connectivity index (χ2n) is 6.91. The Kier molecular flexibility index (Phi) is 5.31. The van der Waals surface area contributed by atoms with E-state index in [-0.39, 0.29) is 0 Å². The van der Waals surface area contributed by atoms with Crippen LogP contribution in [0.2, 0.25) is 0 Å². The van der Waals surface area contributed by atoms with Crippen molar-refractivity contribution in [2.24, 2.45) is 5.92 Å². The molecule has 4 unspecified atom stereocenters. The van der Waals surface area contributed by atoms with Gasteiger partial charge in [-0.1, -0.05) is 19.3 Å². The molecule has 4 atom stereocenters. The van der Waals surface area contributed by atoms with Gasteiger partial charge in [-0.3, -0.25) is 4.68 Å². The molecule has 4 nitrogen and oxygen atoms in total. The zero-order valence-electron chi connectivity index (χ0n) is 13.3. The highest BCUT2D eigenvalue weighted by Gasteiger charge is 2.32. The summed E-state index contributed by atoms with van der Waals surface area (Å²) < 4.78 is 2.04. The topological polar surface area (TPSA) is 41.9 Å². The van der Waals surface area contributed by atoms with Gasteiger partial charge in [-0.2, -0.15) is 5.10 Å². The van der Waals surface area contributed by atoms with Gasteiger partial charge in [0.1, 0.15) is 0 Å². The summed E-state index contributed by atoms with van der Waals surface area (Å²) in [5, 5.41) is 12.0. The quantitative estimate of drug-likeness (QED) is 0.876. The summed E-state index contributed by atoms with van der Waals surface area (Å²) in [5.41, 5.74) is 0. The molecule has 21 heavy (non-hydrogen) atoms. The fourth-order valence-electron chi connectivity index (χ4n) is 4.20. The number of rotatable bonds is 5. The van der Waals surface area contributed by atoms with E-state index in [0.29, 0.717) is 12.1 Å². The van der Waals surface area contributed by atoms with Gasteiger partial charge in [0.05, 0.1) is 6.54 Å². The normalized spacial score (nSPS) is 32.0. The molecular formula is C17H30N4. The summed E-state index contributed by atoms with van der Waals surface area (Å²) in [6.45, 7) is 4.48. The van der Waals surface area contributed by atoms with Crippen molar-refractivity contribution in [2.75, 3.05) is 6.54 Å². The molecule has 4 heteroatoms. The van der Waals surface area contributed by atoms with Gasteiger partial charge in [-0.25, -0.2) is 0 Å². The molecule has 2 heterocycles.